The Bertz CT molecular complexity index is 716. The van der Waals surface area contributed by atoms with Gasteiger partial charge >= 0.3 is 11.7 Å². The van der Waals surface area contributed by atoms with E-state index >= 15 is 0 Å². The zero-order chi connectivity index (χ0) is 16.5. The van der Waals surface area contributed by atoms with Gasteiger partial charge in [-0.25, -0.2) is 8.42 Å². The number of carbonyl (C=O) groups is 1. The van der Waals surface area contributed by atoms with Gasteiger partial charge in [-0.2, -0.15) is 4.31 Å². The Balaban J connectivity index is 2.48. The lowest BCUT2D eigenvalue weighted by atomic mass is 10.2. The van der Waals surface area contributed by atoms with Crippen LogP contribution in [0.5, 0.6) is 5.75 Å². The summed E-state index contributed by atoms with van der Waals surface area (Å²) in [5, 5.41) is 20.1. The zero-order valence-corrected chi connectivity index (χ0v) is 12.4. The summed E-state index contributed by atoms with van der Waals surface area (Å²) in [6.45, 7) is 0.0686. The second kappa shape index (κ2) is 5.89. The van der Waals surface area contributed by atoms with E-state index in [1.807, 2.05) is 0 Å². The van der Waals surface area contributed by atoms with Crippen LogP contribution in [0.2, 0.25) is 0 Å². The normalized spacial score (nSPS) is 19.0. The molecule has 2 rings (SSSR count). The number of nitro groups is 1. The van der Waals surface area contributed by atoms with Crippen LogP contribution in [0.15, 0.2) is 23.1 Å². The highest BCUT2D eigenvalue weighted by molar-refractivity contribution is 7.89. The molecule has 120 valence electrons. The molecule has 0 radical (unpaired) electrons. The lowest BCUT2D eigenvalue weighted by Gasteiger charge is -2.20. The number of carboxylic acid groups (broad SMARTS) is 1. The summed E-state index contributed by atoms with van der Waals surface area (Å²) in [7, 11) is -2.89. The van der Waals surface area contributed by atoms with Crippen LogP contribution in [-0.4, -0.2) is 48.4 Å². The van der Waals surface area contributed by atoms with Gasteiger partial charge in [-0.05, 0) is 25.0 Å². The van der Waals surface area contributed by atoms with Crippen LogP contribution in [0.3, 0.4) is 0 Å². The molecule has 1 aliphatic rings. The molecule has 1 N–H and O–H groups in total. The van der Waals surface area contributed by atoms with Crippen LogP contribution >= 0.6 is 0 Å². The van der Waals surface area contributed by atoms with Gasteiger partial charge in [0.25, 0.3) is 0 Å². The molecule has 22 heavy (non-hydrogen) atoms. The first kappa shape index (κ1) is 16.2. The number of methoxy groups -OCH3 is 1. The van der Waals surface area contributed by atoms with Crippen molar-refractivity contribution in [2.45, 2.75) is 23.8 Å². The fourth-order valence-corrected chi connectivity index (χ4v) is 4.05. The van der Waals surface area contributed by atoms with Crippen molar-refractivity contribution in [3.05, 3.63) is 28.3 Å². The van der Waals surface area contributed by atoms with E-state index in [0.717, 1.165) is 10.4 Å². The van der Waals surface area contributed by atoms with Crippen LogP contribution in [0.1, 0.15) is 12.8 Å². The van der Waals surface area contributed by atoms with Crippen LogP contribution < -0.4 is 4.74 Å². The monoisotopic (exact) mass is 330 g/mol. The summed E-state index contributed by atoms with van der Waals surface area (Å²) in [6, 6.07) is 2.08. The number of benzene rings is 1. The smallest absolute Gasteiger partial charge is 0.322 e. The Morgan fingerprint density at radius 3 is 2.73 bits per heavy atom. The first-order valence-electron chi connectivity index (χ1n) is 6.36. The summed E-state index contributed by atoms with van der Waals surface area (Å²) in [4.78, 5) is 21.0. The molecule has 1 unspecified atom stereocenters. The average molecular weight is 330 g/mol. The molecule has 0 bridgehead atoms. The van der Waals surface area contributed by atoms with E-state index in [9.17, 15) is 23.3 Å². The third-order valence-electron chi connectivity index (χ3n) is 3.44. The minimum absolute atomic E-state index is 0.0686. The predicted molar refractivity (Wildman–Crippen MR) is 74.2 cm³/mol. The first-order valence-corrected chi connectivity index (χ1v) is 7.80. The molecule has 0 amide bonds. The van der Waals surface area contributed by atoms with Gasteiger partial charge in [0.1, 0.15) is 6.04 Å². The Kier molecular flexibility index (Phi) is 4.33. The summed E-state index contributed by atoms with van der Waals surface area (Å²) >= 11 is 0. The fraction of sp³-hybridized carbons (Fsp3) is 0.417. The Morgan fingerprint density at radius 1 is 1.50 bits per heavy atom. The molecule has 1 atom stereocenters. The van der Waals surface area contributed by atoms with Gasteiger partial charge in [0.15, 0.2) is 5.75 Å². The lowest BCUT2D eigenvalue weighted by Crippen LogP contribution is -2.40. The van der Waals surface area contributed by atoms with Gasteiger partial charge in [0.05, 0.1) is 16.9 Å². The Labute approximate surface area is 126 Å². The van der Waals surface area contributed by atoms with Gasteiger partial charge in [-0.15, -0.1) is 0 Å². The van der Waals surface area contributed by atoms with Gasteiger partial charge in [0, 0.05) is 12.6 Å². The molecule has 10 heteroatoms. The Morgan fingerprint density at radius 2 is 2.18 bits per heavy atom. The van der Waals surface area contributed by atoms with Crippen LogP contribution in [-0.2, 0) is 14.8 Å². The van der Waals surface area contributed by atoms with E-state index in [4.69, 9.17) is 9.84 Å². The van der Waals surface area contributed by atoms with Crippen molar-refractivity contribution >= 4 is 21.7 Å². The van der Waals surface area contributed by atoms with Crippen molar-refractivity contribution in [1.82, 2.24) is 4.31 Å². The average Bonchev–Trinajstić information content (AvgIpc) is 2.96. The van der Waals surface area contributed by atoms with Crippen molar-refractivity contribution in [3.63, 3.8) is 0 Å². The van der Waals surface area contributed by atoms with Crippen LogP contribution in [0.25, 0.3) is 0 Å². The number of rotatable bonds is 5. The summed E-state index contributed by atoms with van der Waals surface area (Å²) in [5.74, 6) is -1.30. The molecule has 1 saturated heterocycles. The minimum atomic E-state index is -4.12. The largest absolute Gasteiger partial charge is 0.490 e. The number of hydrogen-bond acceptors (Lipinski definition) is 6. The molecule has 1 fully saturated rings. The molecule has 1 heterocycles. The number of sulfonamides is 1. The second-order valence-electron chi connectivity index (χ2n) is 4.70. The number of nitrogens with zero attached hydrogens (tertiary/aromatic N) is 2. The van der Waals surface area contributed by atoms with Crippen molar-refractivity contribution in [1.29, 1.82) is 0 Å². The molecule has 0 spiro atoms. The third-order valence-corrected chi connectivity index (χ3v) is 5.35. The van der Waals surface area contributed by atoms with Gasteiger partial charge in [-0.3, -0.25) is 14.9 Å². The van der Waals surface area contributed by atoms with Crippen molar-refractivity contribution in [3.8, 4) is 5.75 Å². The molecule has 1 aliphatic heterocycles. The van der Waals surface area contributed by atoms with Gasteiger partial charge < -0.3 is 9.84 Å². The maximum Gasteiger partial charge on any atom is 0.322 e. The fourth-order valence-electron chi connectivity index (χ4n) is 2.38. The van der Waals surface area contributed by atoms with Crippen molar-refractivity contribution in [2.24, 2.45) is 0 Å². The SMILES string of the molecule is COc1ccc(S(=O)(=O)N2CCCC2C(=O)O)cc1[N+](=O)[O-]. The Hall–Kier alpha value is -2.20. The second-order valence-corrected chi connectivity index (χ2v) is 6.59. The molecule has 0 saturated carbocycles. The highest BCUT2D eigenvalue weighted by Gasteiger charge is 2.40. The molecule has 0 aliphatic carbocycles. The lowest BCUT2D eigenvalue weighted by molar-refractivity contribution is -0.386. The summed E-state index contributed by atoms with van der Waals surface area (Å²) < 4.78 is 30.7. The summed E-state index contributed by atoms with van der Waals surface area (Å²) in [6.07, 6.45) is 0.640. The van der Waals surface area contributed by atoms with E-state index in [1.165, 1.54) is 19.2 Å². The van der Waals surface area contributed by atoms with Crippen molar-refractivity contribution < 1.29 is 28.0 Å². The molecule has 9 nitrogen and oxygen atoms in total. The third kappa shape index (κ3) is 2.74. The number of nitro benzene ring substituents is 1. The van der Waals surface area contributed by atoms with E-state index in [2.05, 4.69) is 0 Å². The number of aliphatic carboxylic acids is 1. The highest BCUT2D eigenvalue weighted by atomic mass is 32.2. The quantitative estimate of drug-likeness (QED) is 0.626. The number of hydrogen-bond donors (Lipinski definition) is 1. The van der Waals surface area contributed by atoms with Crippen LogP contribution in [0, 0.1) is 10.1 Å². The highest BCUT2D eigenvalue weighted by Crippen LogP contribution is 2.32. The standard InChI is InChI=1S/C12H14N2O7S/c1-21-11-5-4-8(7-10(11)14(17)18)22(19,20)13-6-2-3-9(13)12(15)16/h4-5,7,9H,2-3,6H2,1H3,(H,15,16). The first-order chi connectivity index (χ1) is 10.3. The van der Waals surface area contributed by atoms with E-state index in [-0.39, 0.29) is 23.6 Å². The predicted octanol–water partition coefficient (Wildman–Crippen LogP) is 0.841. The summed E-state index contributed by atoms with van der Waals surface area (Å²) in [5.41, 5.74) is -0.491. The number of ether oxygens (including phenoxy) is 1. The number of carboxylic acids is 1. The van der Waals surface area contributed by atoms with E-state index < -0.39 is 32.6 Å². The topological polar surface area (TPSA) is 127 Å². The molecular weight excluding hydrogens is 316 g/mol. The zero-order valence-electron chi connectivity index (χ0n) is 11.6. The van der Waals surface area contributed by atoms with Gasteiger partial charge in [0.2, 0.25) is 10.0 Å². The maximum absolute atomic E-state index is 12.5. The van der Waals surface area contributed by atoms with Gasteiger partial charge in [-0.1, -0.05) is 0 Å². The molecule has 1 aromatic carbocycles. The van der Waals surface area contributed by atoms with E-state index in [0.29, 0.717) is 6.42 Å². The van der Waals surface area contributed by atoms with E-state index in [1.54, 1.807) is 0 Å². The molecular formula is C12H14N2O7S. The molecule has 0 aromatic heterocycles. The molecule has 1 aromatic rings. The maximum atomic E-state index is 12.5. The van der Waals surface area contributed by atoms with Crippen molar-refractivity contribution in [2.75, 3.05) is 13.7 Å². The van der Waals surface area contributed by atoms with Crippen LogP contribution in [0.4, 0.5) is 5.69 Å². The minimum Gasteiger partial charge on any atom is -0.490 e.